The molecule has 126 valence electrons. The normalized spacial score (nSPS) is 22.3. The van der Waals surface area contributed by atoms with Crippen molar-refractivity contribution in [2.45, 2.75) is 50.4 Å². The van der Waals surface area contributed by atoms with Gasteiger partial charge in [-0.15, -0.1) is 0 Å². The smallest absolute Gasteiger partial charge is 0.325 e. The van der Waals surface area contributed by atoms with Gasteiger partial charge in [-0.25, -0.2) is 0 Å². The lowest BCUT2D eigenvalue weighted by atomic mass is 10.1. The summed E-state index contributed by atoms with van der Waals surface area (Å²) in [6.45, 7) is 14.6. The fourth-order valence-corrected chi connectivity index (χ4v) is 3.12. The van der Waals surface area contributed by atoms with Crippen molar-refractivity contribution in [2.24, 2.45) is 0 Å². The van der Waals surface area contributed by atoms with Gasteiger partial charge >= 0.3 is 5.97 Å². The second-order valence-electron chi connectivity index (χ2n) is 7.22. The summed E-state index contributed by atoms with van der Waals surface area (Å²) in [6.07, 6.45) is 1.52. The van der Waals surface area contributed by atoms with Crippen molar-refractivity contribution < 1.29 is 19.1 Å². The Labute approximate surface area is 139 Å². The topological polar surface area (TPSA) is 55.8 Å². The maximum absolute atomic E-state index is 12.1. The van der Waals surface area contributed by atoms with E-state index in [0.717, 1.165) is 0 Å². The number of esters is 1. The maximum Gasteiger partial charge on any atom is 0.325 e. The first kappa shape index (κ1) is 19.3. The van der Waals surface area contributed by atoms with Crippen molar-refractivity contribution in [1.29, 1.82) is 0 Å². The highest BCUT2D eigenvalue weighted by Crippen LogP contribution is 2.37. The van der Waals surface area contributed by atoms with Crippen LogP contribution >= 0.6 is 12.6 Å². The SMILES string of the molecule is C=CCOC(=O)CN1C(=O)[C@H](OC[Si](C)(C)C(C)(C)C)[C@H]1S. The van der Waals surface area contributed by atoms with Crippen LogP contribution in [0.3, 0.4) is 0 Å². The van der Waals surface area contributed by atoms with Gasteiger partial charge < -0.3 is 14.4 Å². The van der Waals surface area contributed by atoms with Crippen LogP contribution in [0.2, 0.25) is 18.1 Å². The summed E-state index contributed by atoms with van der Waals surface area (Å²) in [5, 5.41) is -0.200. The summed E-state index contributed by atoms with van der Waals surface area (Å²) in [5.74, 6) is -0.663. The molecule has 0 saturated carbocycles. The molecule has 5 nitrogen and oxygen atoms in total. The second-order valence-corrected chi connectivity index (χ2v) is 13.3. The molecule has 22 heavy (non-hydrogen) atoms. The van der Waals surface area contributed by atoms with E-state index in [4.69, 9.17) is 9.47 Å². The number of ether oxygens (including phenoxy) is 2. The van der Waals surface area contributed by atoms with E-state index in [0.29, 0.717) is 6.23 Å². The van der Waals surface area contributed by atoms with E-state index in [1.807, 2.05) is 0 Å². The Bertz CT molecular complexity index is 447. The molecule has 0 radical (unpaired) electrons. The number of carbonyl (C=O) groups excluding carboxylic acids is 2. The average molecular weight is 346 g/mol. The summed E-state index contributed by atoms with van der Waals surface area (Å²) < 4.78 is 10.7. The van der Waals surface area contributed by atoms with Crippen LogP contribution in [0.5, 0.6) is 0 Å². The first-order valence-corrected chi connectivity index (χ1v) is 11.1. The number of carbonyl (C=O) groups is 2. The van der Waals surface area contributed by atoms with E-state index < -0.39 is 25.5 Å². The number of rotatable bonds is 7. The molecule has 1 aliphatic rings. The molecule has 1 amide bonds. The molecular weight excluding hydrogens is 318 g/mol. The van der Waals surface area contributed by atoms with Gasteiger partial charge in [0, 0.05) is 6.23 Å². The highest BCUT2D eigenvalue weighted by Gasteiger charge is 2.48. The van der Waals surface area contributed by atoms with Crippen molar-refractivity contribution >= 4 is 32.6 Å². The Balaban J connectivity index is 2.49. The molecule has 0 aromatic carbocycles. The summed E-state index contributed by atoms with van der Waals surface area (Å²) in [6, 6.07) is 0. The fraction of sp³-hybridized carbons (Fsp3) is 0.733. The molecule has 1 saturated heterocycles. The van der Waals surface area contributed by atoms with Crippen LogP contribution in [0.15, 0.2) is 12.7 Å². The molecule has 1 fully saturated rings. The zero-order chi connectivity index (χ0) is 17.1. The Kier molecular flexibility index (Phi) is 6.29. The van der Waals surface area contributed by atoms with Crippen LogP contribution in [0.4, 0.5) is 0 Å². The van der Waals surface area contributed by atoms with Crippen LogP contribution in [0, 0.1) is 0 Å². The minimum atomic E-state index is -1.61. The minimum absolute atomic E-state index is 0.0964. The van der Waals surface area contributed by atoms with Gasteiger partial charge in [-0.1, -0.05) is 46.5 Å². The van der Waals surface area contributed by atoms with E-state index in [1.165, 1.54) is 11.0 Å². The van der Waals surface area contributed by atoms with Crippen LogP contribution in [-0.4, -0.2) is 55.7 Å². The third kappa shape index (κ3) is 4.36. The highest BCUT2D eigenvalue weighted by molar-refractivity contribution is 7.81. The molecule has 0 aromatic heterocycles. The van der Waals surface area contributed by atoms with Gasteiger partial charge in [0.2, 0.25) is 0 Å². The monoisotopic (exact) mass is 345 g/mol. The van der Waals surface area contributed by atoms with Crippen LogP contribution in [0.1, 0.15) is 20.8 Å². The number of thiol groups is 1. The molecule has 0 N–H and O–H groups in total. The number of hydrogen-bond donors (Lipinski definition) is 1. The zero-order valence-electron chi connectivity index (χ0n) is 14.1. The first-order chi connectivity index (χ1) is 10.0. The quantitative estimate of drug-likeness (QED) is 0.253. The predicted molar refractivity (Wildman–Crippen MR) is 92.6 cm³/mol. The summed E-state index contributed by atoms with van der Waals surface area (Å²) in [7, 11) is -1.61. The van der Waals surface area contributed by atoms with Gasteiger partial charge in [-0.3, -0.25) is 9.59 Å². The number of nitrogens with zero attached hydrogens (tertiary/aromatic N) is 1. The summed E-state index contributed by atoms with van der Waals surface area (Å²) in [4.78, 5) is 25.0. The standard InChI is InChI=1S/C15H27NO4SSi/c1-7-8-19-11(17)9-16-13(18)12(14(16)21)20-10-22(5,6)15(2,3)4/h7,12,14,21H,1,8-10H2,2-6H3/t12-,14+/m0/s1. The van der Waals surface area contributed by atoms with E-state index >= 15 is 0 Å². The number of likely N-dealkylation sites (tertiary alicyclic amines) is 1. The maximum atomic E-state index is 12.1. The van der Waals surface area contributed by atoms with Crippen LogP contribution < -0.4 is 0 Å². The van der Waals surface area contributed by atoms with E-state index in [-0.39, 0.29) is 24.1 Å². The van der Waals surface area contributed by atoms with Gasteiger partial charge in [-0.2, -0.15) is 12.6 Å². The lowest BCUT2D eigenvalue weighted by Gasteiger charge is -2.45. The van der Waals surface area contributed by atoms with Gasteiger partial charge in [-0.05, 0) is 5.04 Å². The lowest BCUT2D eigenvalue weighted by molar-refractivity contribution is -0.169. The molecule has 0 bridgehead atoms. The zero-order valence-corrected chi connectivity index (χ0v) is 16.0. The third-order valence-corrected chi connectivity index (χ3v) is 9.93. The van der Waals surface area contributed by atoms with Gasteiger partial charge in [0.05, 0.1) is 8.07 Å². The Morgan fingerprint density at radius 3 is 2.50 bits per heavy atom. The fourth-order valence-electron chi connectivity index (χ4n) is 1.68. The average Bonchev–Trinajstić information content (AvgIpc) is 2.41. The van der Waals surface area contributed by atoms with Crippen molar-refractivity contribution in [3.05, 3.63) is 12.7 Å². The van der Waals surface area contributed by atoms with Gasteiger partial charge in [0.1, 0.15) is 18.5 Å². The molecular formula is C15H27NO4SSi. The largest absolute Gasteiger partial charge is 0.460 e. The van der Waals surface area contributed by atoms with Crippen molar-refractivity contribution in [1.82, 2.24) is 4.90 Å². The van der Waals surface area contributed by atoms with Crippen molar-refractivity contribution in [3.8, 4) is 0 Å². The van der Waals surface area contributed by atoms with Gasteiger partial charge in [0.15, 0.2) is 6.10 Å². The molecule has 7 heteroatoms. The highest BCUT2D eigenvalue weighted by atomic mass is 32.1. The molecule has 1 rings (SSSR count). The van der Waals surface area contributed by atoms with Gasteiger partial charge in [0.25, 0.3) is 5.91 Å². The number of amides is 1. The Hall–Kier alpha value is -0.793. The molecule has 0 spiro atoms. The van der Waals surface area contributed by atoms with E-state index in [1.54, 1.807) is 0 Å². The number of hydrogen-bond acceptors (Lipinski definition) is 5. The van der Waals surface area contributed by atoms with Crippen molar-refractivity contribution in [2.75, 3.05) is 19.4 Å². The van der Waals surface area contributed by atoms with Crippen molar-refractivity contribution in [3.63, 3.8) is 0 Å². The molecule has 0 aromatic rings. The van der Waals surface area contributed by atoms with Crippen LogP contribution in [0.25, 0.3) is 0 Å². The molecule has 2 atom stereocenters. The second kappa shape index (κ2) is 7.19. The van der Waals surface area contributed by atoms with E-state index in [9.17, 15) is 9.59 Å². The summed E-state index contributed by atoms with van der Waals surface area (Å²) >= 11 is 4.37. The minimum Gasteiger partial charge on any atom is -0.460 e. The Morgan fingerprint density at radius 2 is 2.05 bits per heavy atom. The molecule has 0 aliphatic carbocycles. The summed E-state index contributed by atoms with van der Waals surface area (Å²) in [5.41, 5.74) is 0. The number of β-lactam (4-membered cyclic amide) rings is 1. The molecule has 0 unspecified atom stereocenters. The molecule has 1 aliphatic heterocycles. The molecule has 1 heterocycles. The van der Waals surface area contributed by atoms with E-state index in [2.05, 4.69) is 53.1 Å². The first-order valence-electron chi connectivity index (χ1n) is 7.38. The lowest BCUT2D eigenvalue weighted by Crippen LogP contribution is -2.65. The third-order valence-electron chi connectivity index (χ3n) is 4.43. The predicted octanol–water partition coefficient (Wildman–Crippen LogP) is 2.25. The Morgan fingerprint density at radius 1 is 1.45 bits per heavy atom. The van der Waals surface area contributed by atoms with Crippen LogP contribution in [-0.2, 0) is 19.1 Å².